The van der Waals surface area contributed by atoms with Crippen LogP contribution in [0.2, 0.25) is 0 Å². The predicted molar refractivity (Wildman–Crippen MR) is 77.5 cm³/mol. The van der Waals surface area contributed by atoms with Gasteiger partial charge in [0.1, 0.15) is 5.75 Å². The van der Waals surface area contributed by atoms with Crippen LogP contribution in [0.3, 0.4) is 0 Å². The predicted octanol–water partition coefficient (Wildman–Crippen LogP) is 1.91. The Bertz CT molecular complexity index is 430. The molecule has 0 fully saturated rings. The smallest absolute Gasteiger partial charge is 0.229 e. The second kappa shape index (κ2) is 7.14. The van der Waals surface area contributed by atoms with Crippen molar-refractivity contribution in [2.24, 2.45) is 5.73 Å². The van der Waals surface area contributed by atoms with Crippen molar-refractivity contribution in [3.05, 3.63) is 29.3 Å². The lowest BCUT2D eigenvalue weighted by molar-refractivity contribution is -0.130. The molecule has 1 amide bonds. The average molecular weight is 264 g/mol. The molecule has 1 atom stereocenters. The zero-order chi connectivity index (χ0) is 14.4. The van der Waals surface area contributed by atoms with E-state index in [0.29, 0.717) is 6.54 Å². The summed E-state index contributed by atoms with van der Waals surface area (Å²) in [4.78, 5) is 14.0. The lowest BCUT2D eigenvalue weighted by atomic mass is 9.91. The third kappa shape index (κ3) is 3.96. The number of hydrogen-bond donors (Lipinski definition) is 1. The van der Waals surface area contributed by atoms with Crippen molar-refractivity contribution < 1.29 is 9.53 Å². The summed E-state index contributed by atoms with van der Waals surface area (Å²) in [5.74, 6) is 0.675. The van der Waals surface area contributed by atoms with E-state index in [1.807, 2.05) is 25.1 Å². The van der Waals surface area contributed by atoms with Crippen LogP contribution in [0, 0.1) is 6.92 Å². The first-order valence-corrected chi connectivity index (χ1v) is 6.57. The molecular formula is C15H24N2O2. The number of benzene rings is 1. The third-order valence-electron chi connectivity index (χ3n) is 3.20. The highest BCUT2D eigenvalue weighted by Crippen LogP contribution is 2.32. The molecule has 0 heterocycles. The van der Waals surface area contributed by atoms with Crippen molar-refractivity contribution in [3.8, 4) is 5.75 Å². The molecule has 0 spiro atoms. The highest BCUT2D eigenvalue weighted by molar-refractivity contribution is 5.84. The number of amides is 1. The number of carbonyl (C=O) groups is 1. The Hall–Kier alpha value is -1.55. The molecule has 4 nitrogen and oxygen atoms in total. The molecule has 0 aliphatic heterocycles. The van der Waals surface area contributed by atoms with Gasteiger partial charge in [0.05, 0.1) is 13.0 Å². The topological polar surface area (TPSA) is 55.6 Å². The van der Waals surface area contributed by atoms with Gasteiger partial charge in [-0.3, -0.25) is 4.79 Å². The molecule has 0 bridgehead atoms. The van der Waals surface area contributed by atoms with Gasteiger partial charge < -0.3 is 15.4 Å². The Morgan fingerprint density at radius 1 is 1.42 bits per heavy atom. The normalized spacial score (nSPS) is 12.1. The van der Waals surface area contributed by atoms with Crippen LogP contribution in [0.1, 0.15) is 29.9 Å². The summed E-state index contributed by atoms with van der Waals surface area (Å²) >= 11 is 0. The number of methoxy groups -OCH3 is 1. The number of aryl methyl sites for hydroxylation is 1. The Morgan fingerprint density at radius 3 is 2.63 bits per heavy atom. The molecule has 19 heavy (non-hydrogen) atoms. The molecule has 0 saturated heterocycles. The van der Waals surface area contributed by atoms with Crippen molar-refractivity contribution >= 4 is 5.91 Å². The van der Waals surface area contributed by atoms with Crippen molar-refractivity contribution in [2.45, 2.75) is 25.7 Å². The largest absolute Gasteiger partial charge is 0.496 e. The molecular weight excluding hydrogens is 240 g/mol. The summed E-state index contributed by atoms with van der Waals surface area (Å²) in [7, 11) is 5.19. The van der Waals surface area contributed by atoms with Gasteiger partial charge in [0.25, 0.3) is 0 Å². The maximum absolute atomic E-state index is 12.4. The molecule has 0 aromatic heterocycles. The monoisotopic (exact) mass is 264 g/mol. The molecule has 0 saturated carbocycles. The summed E-state index contributed by atoms with van der Waals surface area (Å²) in [6.07, 6.45) is 1.56. The highest BCUT2D eigenvalue weighted by atomic mass is 16.5. The van der Waals surface area contributed by atoms with Crippen molar-refractivity contribution in [3.63, 3.8) is 0 Å². The number of hydrogen-bond acceptors (Lipinski definition) is 3. The maximum atomic E-state index is 12.4. The number of nitrogens with zero attached hydrogens (tertiary/aromatic N) is 1. The second-order valence-corrected chi connectivity index (χ2v) is 4.96. The van der Waals surface area contributed by atoms with Gasteiger partial charge in [-0.2, -0.15) is 0 Å². The van der Waals surface area contributed by atoms with Crippen LogP contribution in [0.5, 0.6) is 5.75 Å². The van der Waals surface area contributed by atoms with Crippen molar-refractivity contribution in [1.29, 1.82) is 0 Å². The molecule has 106 valence electrons. The molecule has 0 aliphatic rings. The first-order chi connectivity index (χ1) is 9.01. The molecule has 0 aliphatic carbocycles. The van der Waals surface area contributed by atoms with Crippen molar-refractivity contribution in [1.82, 2.24) is 4.90 Å². The van der Waals surface area contributed by atoms with Crippen LogP contribution in [0.4, 0.5) is 0 Å². The van der Waals surface area contributed by atoms with Gasteiger partial charge in [0.2, 0.25) is 5.91 Å². The van der Waals surface area contributed by atoms with E-state index in [0.717, 1.165) is 29.7 Å². The van der Waals surface area contributed by atoms with Gasteiger partial charge in [-0.15, -0.1) is 0 Å². The van der Waals surface area contributed by atoms with Gasteiger partial charge in [-0.05, 0) is 32.4 Å². The molecule has 1 aromatic carbocycles. The zero-order valence-electron chi connectivity index (χ0n) is 12.3. The van der Waals surface area contributed by atoms with E-state index >= 15 is 0 Å². The first kappa shape index (κ1) is 15.5. The van der Waals surface area contributed by atoms with Gasteiger partial charge in [-0.25, -0.2) is 0 Å². The maximum Gasteiger partial charge on any atom is 0.229 e. The Kier molecular flexibility index (Phi) is 5.83. The van der Waals surface area contributed by atoms with Crippen LogP contribution in [0.25, 0.3) is 0 Å². The molecule has 0 radical (unpaired) electrons. The summed E-state index contributed by atoms with van der Waals surface area (Å²) < 4.78 is 5.39. The SMILES string of the molecule is COc1ccc(C)cc1C(CCCN)C(=O)N(C)C. The molecule has 1 aromatic rings. The lowest BCUT2D eigenvalue weighted by Crippen LogP contribution is -2.29. The number of likely N-dealkylation sites (N-methyl/N-ethyl adjacent to an activating group) is 1. The number of ether oxygens (including phenoxy) is 1. The fourth-order valence-corrected chi connectivity index (χ4v) is 2.17. The highest BCUT2D eigenvalue weighted by Gasteiger charge is 2.24. The van der Waals surface area contributed by atoms with Gasteiger partial charge in [-0.1, -0.05) is 17.7 Å². The standard InChI is InChI=1S/C15H24N2O2/c1-11-7-8-14(19-4)13(10-11)12(6-5-9-16)15(18)17(2)3/h7-8,10,12H,5-6,9,16H2,1-4H3. The quantitative estimate of drug-likeness (QED) is 0.854. The van der Waals surface area contributed by atoms with Crippen LogP contribution in [-0.2, 0) is 4.79 Å². The average Bonchev–Trinajstić information content (AvgIpc) is 2.39. The lowest BCUT2D eigenvalue weighted by Gasteiger charge is -2.23. The number of nitrogens with two attached hydrogens (primary N) is 1. The van der Waals surface area contributed by atoms with E-state index in [2.05, 4.69) is 0 Å². The van der Waals surface area contributed by atoms with Gasteiger partial charge in [0.15, 0.2) is 0 Å². The minimum absolute atomic E-state index is 0.0948. The summed E-state index contributed by atoms with van der Waals surface area (Å²) in [6.45, 7) is 2.61. The first-order valence-electron chi connectivity index (χ1n) is 6.57. The van der Waals surface area contributed by atoms with E-state index in [1.54, 1.807) is 26.1 Å². The Balaban J connectivity index is 3.15. The Morgan fingerprint density at radius 2 is 2.11 bits per heavy atom. The number of carbonyl (C=O) groups excluding carboxylic acids is 1. The third-order valence-corrected chi connectivity index (χ3v) is 3.20. The minimum atomic E-state index is -0.187. The van der Waals surface area contributed by atoms with Crippen LogP contribution in [-0.4, -0.2) is 38.6 Å². The molecule has 2 N–H and O–H groups in total. The van der Waals surface area contributed by atoms with Crippen LogP contribution in [0.15, 0.2) is 18.2 Å². The zero-order valence-corrected chi connectivity index (χ0v) is 12.3. The second-order valence-electron chi connectivity index (χ2n) is 4.96. The van der Waals surface area contributed by atoms with E-state index in [9.17, 15) is 4.79 Å². The fraction of sp³-hybridized carbons (Fsp3) is 0.533. The van der Waals surface area contributed by atoms with E-state index in [4.69, 9.17) is 10.5 Å². The Labute approximate surface area is 115 Å². The molecule has 1 rings (SSSR count). The van der Waals surface area contributed by atoms with E-state index in [-0.39, 0.29) is 11.8 Å². The minimum Gasteiger partial charge on any atom is -0.496 e. The van der Waals surface area contributed by atoms with E-state index < -0.39 is 0 Å². The fourth-order valence-electron chi connectivity index (χ4n) is 2.17. The molecule has 1 unspecified atom stereocenters. The van der Waals surface area contributed by atoms with Crippen molar-refractivity contribution in [2.75, 3.05) is 27.7 Å². The summed E-state index contributed by atoms with van der Waals surface area (Å²) in [6, 6.07) is 5.94. The van der Waals surface area contributed by atoms with E-state index in [1.165, 1.54) is 0 Å². The summed E-state index contributed by atoms with van der Waals surface area (Å²) in [5, 5.41) is 0. The molecule has 4 heteroatoms. The summed E-state index contributed by atoms with van der Waals surface area (Å²) in [5.41, 5.74) is 7.65. The van der Waals surface area contributed by atoms with Crippen LogP contribution < -0.4 is 10.5 Å². The van der Waals surface area contributed by atoms with Gasteiger partial charge in [0, 0.05) is 19.7 Å². The van der Waals surface area contributed by atoms with Crippen LogP contribution >= 0.6 is 0 Å². The number of rotatable bonds is 6. The van der Waals surface area contributed by atoms with Gasteiger partial charge >= 0.3 is 0 Å².